The SMILES string of the molecule is COC(=O)[C@@](CCCN=C(N)N)(C(=O)OC(C)(C)C)N([N+](=O)[O-])C(C)(C)C. The lowest BCUT2D eigenvalue weighted by Crippen LogP contribution is -2.68. The molecule has 156 valence electrons. The number of hydrogen-bond donors (Lipinski definition) is 2. The minimum absolute atomic E-state index is 0.0690. The van der Waals surface area contributed by atoms with Crippen LogP contribution in [0.15, 0.2) is 4.99 Å². The smallest absolute Gasteiger partial charge is 0.350 e. The Kier molecular flexibility index (Phi) is 8.02. The predicted octanol–water partition coefficient (Wildman–Crippen LogP) is 0.586. The summed E-state index contributed by atoms with van der Waals surface area (Å²) in [5.41, 5.74) is 6.07. The van der Waals surface area contributed by atoms with Gasteiger partial charge in [-0.2, -0.15) is 0 Å². The molecule has 0 saturated carbocycles. The number of nitrogens with zero attached hydrogens (tertiary/aromatic N) is 3. The van der Waals surface area contributed by atoms with Gasteiger partial charge >= 0.3 is 11.9 Å². The molecule has 1 atom stereocenters. The molecule has 0 saturated heterocycles. The number of guanidine groups is 1. The molecule has 0 bridgehead atoms. The van der Waals surface area contributed by atoms with E-state index in [4.69, 9.17) is 20.9 Å². The molecule has 0 heterocycles. The number of hydrazine groups is 1. The third-order valence-electron chi connectivity index (χ3n) is 3.41. The average Bonchev–Trinajstić information content (AvgIpc) is 2.45. The first kappa shape index (κ1) is 24.4. The number of esters is 2. The number of ether oxygens (including phenoxy) is 2. The second kappa shape index (κ2) is 8.87. The van der Waals surface area contributed by atoms with Gasteiger partial charge in [0.05, 0.1) is 12.6 Å². The molecule has 0 aromatic carbocycles. The van der Waals surface area contributed by atoms with Crippen LogP contribution in [0.4, 0.5) is 0 Å². The van der Waals surface area contributed by atoms with Crippen LogP contribution in [0, 0.1) is 10.1 Å². The lowest BCUT2D eigenvalue weighted by molar-refractivity contribution is -0.685. The van der Waals surface area contributed by atoms with E-state index in [-0.39, 0.29) is 25.3 Å². The molecule has 0 aliphatic carbocycles. The van der Waals surface area contributed by atoms with E-state index >= 15 is 0 Å². The molecule has 0 aliphatic rings. The summed E-state index contributed by atoms with van der Waals surface area (Å²) < 4.78 is 10.1. The maximum atomic E-state index is 13.0. The van der Waals surface area contributed by atoms with Gasteiger partial charge in [0.2, 0.25) is 0 Å². The monoisotopic (exact) mass is 389 g/mol. The van der Waals surface area contributed by atoms with Gasteiger partial charge in [0.1, 0.15) is 5.60 Å². The number of carbonyl (C=O) groups excluding carboxylic acids is 2. The maximum absolute atomic E-state index is 13.0. The maximum Gasteiger partial charge on any atom is 0.350 e. The van der Waals surface area contributed by atoms with Crippen LogP contribution in [-0.4, -0.2) is 58.3 Å². The molecule has 0 aromatic heterocycles. The minimum Gasteiger partial charge on any atom is -0.467 e. The Hall–Kier alpha value is -2.59. The number of hydrogen-bond acceptors (Lipinski definition) is 7. The summed E-state index contributed by atoms with van der Waals surface area (Å²) in [6, 6.07) is 0. The summed E-state index contributed by atoms with van der Waals surface area (Å²) in [7, 11) is 1.05. The van der Waals surface area contributed by atoms with Crippen LogP contribution in [0.3, 0.4) is 0 Å². The number of nitrogens with two attached hydrogens (primary N) is 2. The van der Waals surface area contributed by atoms with E-state index in [1.54, 1.807) is 20.8 Å². The van der Waals surface area contributed by atoms with Crippen molar-refractivity contribution < 1.29 is 24.1 Å². The van der Waals surface area contributed by atoms with Gasteiger partial charge < -0.3 is 20.9 Å². The van der Waals surface area contributed by atoms with E-state index in [0.717, 1.165) is 7.11 Å². The summed E-state index contributed by atoms with van der Waals surface area (Å²) in [6.45, 7) is 9.38. The van der Waals surface area contributed by atoms with E-state index in [0.29, 0.717) is 5.01 Å². The van der Waals surface area contributed by atoms with Crippen LogP contribution in [0.2, 0.25) is 0 Å². The summed E-state index contributed by atoms with van der Waals surface area (Å²) in [5.74, 6) is -2.33. The highest BCUT2D eigenvalue weighted by atomic mass is 16.7. The van der Waals surface area contributed by atoms with Gasteiger partial charge in [-0.25, -0.2) is 19.7 Å². The molecule has 0 unspecified atom stereocenters. The molecule has 0 amide bonds. The molecule has 0 aromatic rings. The Labute approximate surface area is 159 Å². The second-order valence-corrected chi connectivity index (χ2v) is 7.98. The van der Waals surface area contributed by atoms with E-state index in [1.807, 2.05) is 0 Å². The highest BCUT2D eigenvalue weighted by Crippen LogP contribution is 2.33. The number of methoxy groups -OCH3 is 1. The van der Waals surface area contributed by atoms with Crippen molar-refractivity contribution in [3.05, 3.63) is 10.1 Å². The molecule has 4 N–H and O–H groups in total. The van der Waals surface area contributed by atoms with Crippen LogP contribution < -0.4 is 11.5 Å². The normalized spacial score (nSPS) is 13.9. The van der Waals surface area contributed by atoms with Gasteiger partial charge in [0.25, 0.3) is 5.54 Å². The van der Waals surface area contributed by atoms with Gasteiger partial charge in [-0.3, -0.25) is 4.99 Å². The van der Waals surface area contributed by atoms with Crippen molar-refractivity contribution in [2.24, 2.45) is 16.5 Å². The standard InChI is InChI=1S/C16H31N5O6/c1-14(2,3)20(21(24)25)16(11(22)26-7,9-8-10-19-13(17)18)12(23)27-15(4,5)6/h8-10H2,1-7H3,(H4,17,18,19)/t16-/m0/s1. The van der Waals surface area contributed by atoms with Crippen LogP contribution in [-0.2, 0) is 19.1 Å². The highest BCUT2D eigenvalue weighted by molar-refractivity contribution is 6.05. The Morgan fingerprint density at radius 1 is 1.11 bits per heavy atom. The predicted molar refractivity (Wildman–Crippen MR) is 99.1 cm³/mol. The van der Waals surface area contributed by atoms with Crippen molar-refractivity contribution in [3.63, 3.8) is 0 Å². The van der Waals surface area contributed by atoms with Crippen molar-refractivity contribution in [3.8, 4) is 0 Å². The molecule has 0 radical (unpaired) electrons. The second-order valence-electron chi connectivity index (χ2n) is 7.98. The summed E-state index contributed by atoms with van der Waals surface area (Å²) >= 11 is 0. The van der Waals surface area contributed by atoms with Crippen molar-refractivity contribution in [2.75, 3.05) is 13.7 Å². The first-order chi connectivity index (χ1) is 12.1. The molecular formula is C16H31N5O6. The molecular weight excluding hydrogens is 358 g/mol. The van der Waals surface area contributed by atoms with Crippen molar-refractivity contribution in [1.82, 2.24) is 5.01 Å². The van der Waals surface area contributed by atoms with E-state index in [1.165, 1.54) is 20.8 Å². The van der Waals surface area contributed by atoms with Gasteiger partial charge in [0.15, 0.2) is 11.0 Å². The van der Waals surface area contributed by atoms with Crippen LogP contribution in [0.5, 0.6) is 0 Å². The van der Waals surface area contributed by atoms with E-state index < -0.39 is 33.6 Å². The summed E-state index contributed by atoms with van der Waals surface area (Å²) in [6.07, 6.45) is -0.170. The molecule has 11 heteroatoms. The van der Waals surface area contributed by atoms with Crippen LogP contribution in [0.25, 0.3) is 0 Å². The highest BCUT2D eigenvalue weighted by Gasteiger charge is 2.63. The van der Waals surface area contributed by atoms with Crippen molar-refractivity contribution in [1.29, 1.82) is 0 Å². The first-order valence-corrected chi connectivity index (χ1v) is 8.41. The average molecular weight is 389 g/mol. The fourth-order valence-electron chi connectivity index (χ4n) is 2.60. The molecule has 0 spiro atoms. The Morgan fingerprint density at radius 2 is 1.63 bits per heavy atom. The Morgan fingerprint density at radius 3 is 1.96 bits per heavy atom. The largest absolute Gasteiger partial charge is 0.467 e. The van der Waals surface area contributed by atoms with Crippen LogP contribution in [0.1, 0.15) is 54.4 Å². The quantitative estimate of drug-likeness (QED) is 0.115. The Balaban J connectivity index is 6.39. The van der Waals surface area contributed by atoms with Gasteiger partial charge in [-0.1, -0.05) is 5.01 Å². The van der Waals surface area contributed by atoms with Crippen molar-refractivity contribution in [2.45, 2.75) is 71.1 Å². The third-order valence-corrected chi connectivity index (χ3v) is 3.41. The van der Waals surface area contributed by atoms with Crippen molar-refractivity contribution >= 4 is 17.9 Å². The lowest BCUT2D eigenvalue weighted by atomic mass is 9.88. The number of aliphatic imine (C=N–C) groups is 1. The topological polar surface area (TPSA) is 163 Å². The number of carbonyl (C=O) groups is 2. The zero-order valence-electron chi connectivity index (χ0n) is 17.1. The Bertz CT molecular complexity index is 589. The van der Waals surface area contributed by atoms with E-state index in [2.05, 4.69) is 4.99 Å². The van der Waals surface area contributed by atoms with Gasteiger partial charge in [0, 0.05) is 6.54 Å². The first-order valence-electron chi connectivity index (χ1n) is 8.41. The van der Waals surface area contributed by atoms with Gasteiger partial charge in [-0.15, -0.1) is 0 Å². The zero-order valence-corrected chi connectivity index (χ0v) is 17.1. The zero-order chi connectivity index (χ0) is 21.6. The fraction of sp³-hybridized carbons (Fsp3) is 0.812. The molecule has 27 heavy (non-hydrogen) atoms. The third kappa shape index (κ3) is 6.57. The lowest BCUT2D eigenvalue weighted by Gasteiger charge is -2.41. The fourth-order valence-corrected chi connectivity index (χ4v) is 2.60. The number of rotatable bonds is 8. The number of nitro groups is 1. The molecule has 11 nitrogen and oxygen atoms in total. The molecule has 0 aliphatic heterocycles. The van der Waals surface area contributed by atoms with E-state index in [9.17, 15) is 19.7 Å². The molecule has 0 rings (SSSR count). The summed E-state index contributed by atoms with van der Waals surface area (Å²) in [4.78, 5) is 41.4. The van der Waals surface area contributed by atoms with Crippen LogP contribution >= 0.6 is 0 Å². The van der Waals surface area contributed by atoms with Gasteiger partial charge in [-0.05, 0) is 54.4 Å². The summed E-state index contributed by atoms with van der Waals surface area (Å²) in [5, 5.41) is 11.7. The minimum atomic E-state index is -2.30. The molecule has 0 fully saturated rings.